The van der Waals surface area contributed by atoms with Gasteiger partial charge < -0.3 is 5.73 Å². The molecular weight excluding hydrogens is 215 g/mol. The molecule has 0 aromatic heterocycles. The van der Waals surface area contributed by atoms with Crippen LogP contribution in [0, 0.1) is 17.5 Å². The molecule has 0 saturated carbocycles. The summed E-state index contributed by atoms with van der Waals surface area (Å²) in [5.41, 5.74) is 5.58. The molecule has 0 amide bonds. The third-order valence-corrected chi connectivity index (χ3v) is 2.21. The van der Waals surface area contributed by atoms with Crippen molar-refractivity contribution < 1.29 is 13.2 Å². The van der Waals surface area contributed by atoms with Gasteiger partial charge in [-0.3, -0.25) is 0 Å². The van der Waals surface area contributed by atoms with E-state index in [4.69, 9.17) is 5.73 Å². The fourth-order valence-electron chi connectivity index (χ4n) is 1.45. The molecule has 0 spiro atoms. The first-order valence-electron chi connectivity index (χ1n) is 4.58. The summed E-state index contributed by atoms with van der Waals surface area (Å²) in [6, 6.07) is 6.61. The minimum atomic E-state index is -0.689. The zero-order valence-corrected chi connectivity index (χ0v) is 8.18. The molecule has 0 bridgehead atoms. The molecule has 4 heteroatoms. The molecule has 0 fully saturated rings. The predicted molar refractivity (Wildman–Crippen MR) is 56.2 cm³/mol. The first kappa shape index (κ1) is 10.5. The minimum absolute atomic E-state index is 0.0444. The second-order valence-corrected chi connectivity index (χ2v) is 3.36. The van der Waals surface area contributed by atoms with Crippen molar-refractivity contribution >= 4 is 5.69 Å². The second kappa shape index (κ2) is 3.89. The van der Waals surface area contributed by atoms with Gasteiger partial charge >= 0.3 is 0 Å². The average molecular weight is 223 g/mol. The fourth-order valence-corrected chi connectivity index (χ4v) is 1.45. The lowest BCUT2D eigenvalue weighted by atomic mass is 10.0. The van der Waals surface area contributed by atoms with E-state index in [-0.39, 0.29) is 11.1 Å². The third-order valence-electron chi connectivity index (χ3n) is 2.21. The highest BCUT2D eigenvalue weighted by molar-refractivity contribution is 5.68. The predicted octanol–water partition coefficient (Wildman–Crippen LogP) is 3.35. The highest BCUT2D eigenvalue weighted by atomic mass is 19.1. The highest BCUT2D eigenvalue weighted by Crippen LogP contribution is 2.27. The quantitative estimate of drug-likeness (QED) is 0.737. The molecule has 16 heavy (non-hydrogen) atoms. The monoisotopic (exact) mass is 223 g/mol. The van der Waals surface area contributed by atoms with Gasteiger partial charge in [-0.2, -0.15) is 0 Å². The molecule has 0 aliphatic rings. The lowest BCUT2D eigenvalue weighted by Gasteiger charge is -2.06. The Morgan fingerprint density at radius 1 is 0.750 bits per heavy atom. The standard InChI is InChI=1S/C12H8F3N/c13-7-1-3-11(14)9(5-7)10-6-8(16)2-4-12(10)15/h1-6H,16H2. The van der Waals surface area contributed by atoms with Gasteiger partial charge in [-0.15, -0.1) is 0 Å². The molecule has 0 aliphatic heterocycles. The fraction of sp³-hybridized carbons (Fsp3) is 0. The molecule has 0 aliphatic carbocycles. The summed E-state index contributed by atoms with van der Waals surface area (Å²) in [4.78, 5) is 0. The number of hydrogen-bond donors (Lipinski definition) is 1. The van der Waals surface area contributed by atoms with E-state index >= 15 is 0 Å². The minimum Gasteiger partial charge on any atom is -0.399 e. The van der Waals surface area contributed by atoms with Gasteiger partial charge in [-0.25, -0.2) is 13.2 Å². The van der Waals surface area contributed by atoms with Crippen molar-refractivity contribution in [3.05, 3.63) is 53.8 Å². The molecule has 2 rings (SSSR count). The Morgan fingerprint density at radius 3 is 2.00 bits per heavy atom. The molecule has 2 aromatic carbocycles. The normalized spacial score (nSPS) is 10.4. The van der Waals surface area contributed by atoms with E-state index in [9.17, 15) is 13.2 Å². The Bertz CT molecular complexity index is 488. The molecular formula is C12H8F3N. The first-order valence-corrected chi connectivity index (χ1v) is 4.58. The van der Waals surface area contributed by atoms with Gasteiger partial charge in [0.25, 0.3) is 0 Å². The van der Waals surface area contributed by atoms with Crippen molar-refractivity contribution in [2.45, 2.75) is 0 Å². The van der Waals surface area contributed by atoms with E-state index in [2.05, 4.69) is 0 Å². The van der Waals surface area contributed by atoms with Crippen molar-refractivity contribution in [1.29, 1.82) is 0 Å². The van der Waals surface area contributed by atoms with Crippen molar-refractivity contribution in [2.75, 3.05) is 5.73 Å². The van der Waals surface area contributed by atoms with Crippen LogP contribution < -0.4 is 5.73 Å². The molecule has 0 unspecified atom stereocenters. The molecule has 1 nitrogen and oxygen atoms in total. The van der Waals surface area contributed by atoms with Crippen LogP contribution in [0.1, 0.15) is 0 Å². The topological polar surface area (TPSA) is 26.0 Å². The number of rotatable bonds is 1. The molecule has 0 atom stereocenters. The number of benzene rings is 2. The first-order chi connectivity index (χ1) is 7.58. The van der Waals surface area contributed by atoms with Crippen LogP contribution in [0.2, 0.25) is 0 Å². The summed E-state index contributed by atoms with van der Waals surface area (Å²) < 4.78 is 39.8. The zero-order chi connectivity index (χ0) is 11.7. The van der Waals surface area contributed by atoms with E-state index in [1.807, 2.05) is 0 Å². The summed E-state index contributed by atoms with van der Waals surface area (Å²) in [6.07, 6.45) is 0. The Balaban J connectivity index is 2.66. The number of anilines is 1. The lowest BCUT2D eigenvalue weighted by molar-refractivity contribution is 0.598. The van der Waals surface area contributed by atoms with E-state index in [1.54, 1.807) is 0 Å². The van der Waals surface area contributed by atoms with Crippen molar-refractivity contribution in [2.24, 2.45) is 0 Å². The van der Waals surface area contributed by atoms with Gasteiger partial charge in [-0.05, 0) is 36.4 Å². The molecule has 0 heterocycles. The van der Waals surface area contributed by atoms with Crippen molar-refractivity contribution in [3.8, 4) is 11.1 Å². The average Bonchev–Trinajstić information content (AvgIpc) is 2.25. The van der Waals surface area contributed by atoms with Crippen LogP contribution in [0.3, 0.4) is 0 Å². The Labute approximate surface area is 90.3 Å². The van der Waals surface area contributed by atoms with Gasteiger partial charge in [0.15, 0.2) is 0 Å². The molecule has 2 N–H and O–H groups in total. The second-order valence-electron chi connectivity index (χ2n) is 3.36. The number of hydrogen-bond acceptors (Lipinski definition) is 1. The molecule has 0 radical (unpaired) electrons. The van der Waals surface area contributed by atoms with Crippen LogP contribution in [0.15, 0.2) is 36.4 Å². The highest BCUT2D eigenvalue weighted by Gasteiger charge is 2.11. The van der Waals surface area contributed by atoms with Gasteiger partial charge in [-0.1, -0.05) is 0 Å². The summed E-state index contributed by atoms with van der Waals surface area (Å²) in [5, 5.41) is 0. The molecule has 82 valence electrons. The Kier molecular flexibility index (Phi) is 2.56. The van der Waals surface area contributed by atoms with Crippen LogP contribution in [0.4, 0.5) is 18.9 Å². The SMILES string of the molecule is Nc1ccc(F)c(-c2cc(F)ccc2F)c1. The Morgan fingerprint density at radius 2 is 1.31 bits per heavy atom. The summed E-state index contributed by atoms with van der Waals surface area (Å²) in [7, 11) is 0. The summed E-state index contributed by atoms with van der Waals surface area (Å²) in [5.74, 6) is -1.96. The van der Waals surface area contributed by atoms with E-state index in [0.717, 1.165) is 24.3 Å². The van der Waals surface area contributed by atoms with Gasteiger partial charge in [0, 0.05) is 16.8 Å². The maximum atomic E-state index is 13.4. The number of nitrogen functional groups attached to an aromatic ring is 1. The van der Waals surface area contributed by atoms with Gasteiger partial charge in [0.05, 0.1) is 0 Å². The van der Waals surface area contributed by atoms with Gasteiger partial charge in [0.2, 0.25) is 0 Å². The molecule has 2 aromatic rings. The smallest absolute Gasteiger partial charge is 0.131 e. The maximum Gasteiger partial charge on any atom is 0.131 e. The van der Waals surface area contributed by atoms with Crippen molar-refractivity contribution in [1.82, 2.24) is 0 Å². The van der Waals surface area contributed by atoms with Gasteiger partial charge in [0.1, 0.15) is 17.5 Å². The molecule has 0 saturated heterocycles. The summed E-state index contributed by atoms with van der Waals surface area (Å²) in [6.45, 7) is 0. The number of halogens is 3. The third kappa shape index (κ3) is 1.86. The van der Waals surface area contributed by atoms with Crippen LogP contribution in [-0.4, -0.2) is 0 Å². The summed E-state index contributed by atoms with van der Waals surface area (Å²) >= 11 is 0. The zero-order valence-electron chi connectivity index (χ0n) is 8.18. The number of nitrogens with two attached hydrogens (primary N) is 1. The van der Waals surface area contributed by atoms with Crippen LogP contribution in [-0.2, 0) is 0 Å². The largest absolute Gasteiger partial charge is 0.399 e. The van der Waals surface area contributed by atoms with Crippen molar-refractivity contribution in [3.63, 3.8) is 0 Å². The van der Waals surface area contributed by atoms with E-state index < -0.39 is 17.5 Å². The maximum absolute atomic E-state index is 13.4. The Hall–Kier alpha value is -1.97. The lowest BCUT2D eigenvalue weighted by Crippen LogP contribution is -1.92. The van der Waals surface area contributed by atoms with Crippen LogP contribution in [0.25, 0.3) is 11.1 Å². The van der Waals surface area contributed by atoms with Crippen LogP contribution >= 0.6 is 0 Å². The van der Waals surface area contributed by atoms with E-state index in [1.165, 1.54) is 12.1 Å². The van der Waals surface area contributed by atoms with E-state index in [0.29, 0.717) is 5.69 Å². The van der Waals surface area contributed by atoms with Crippen LogP contribution in [0.5, 0.6) is 0 Å².